The van der Waals surface area contributed by atoms with Crippen LogP contribution in [0.15, 0.2) is 23.6 Å². The lowest BCUT2D eigenvalue weighted by molar-refractivity contribution is 0.0597. The van der Waals surface area contributed by atoms with E-state index in [1.54, 1.807) is 42.6 Å². The molecule has 0 fully saturated rings. The number of thiophene rings is 1. The number of carbonyl (C=O) groups is 2. The van der Waals surface area contributed by atoms with Crippen molar-refractivity contribution in [3.05, 3.63) is 40.3 Å². The van der Waals surface area contributed by atoms with Crippen LogP contribution in [0.2, 0.25) is 0 Å². The van der Waals surface area contributed by atoms with Crippen molar-refractivity contribution in [2.24, 2.45) is 0 Å². The fourth-order valence-corrected chi connectivity index (χ4v) is 5.33. The molecule has 1 aliphatic heterocycles. The summed E-state index contributed by atoms with van der Waals surface area (Å²) in [7, 11) is 1.56. The van der Waals surface area contributed by atoms with Crippen LogP contribution in [0.1, 0.15) is 39.2 Å². The monoisotopic (exact) mass is 452 g/mol. The first kappa shape index (κ1) is 22.1. The van der Waals surface area contributed by atoms with E-state index in [0.717, 1.165) is 11.2 Å². The molecule has 0 spiro atoms. The van der Waals surface area contributed by atoms with Crippen molar-refractivity contribution in [2.45, 2.75) is 13.0 Å². The smallest absolute Gasteiger partial charge is 0.265 e. The first-order chi connectivity index (χ1) is 14.1. The number of sulfone groups is 1. The van der Waals surface area contributed by atoms with E-state index in [2.05, 4.69) is 0 Å². The molecule has 0 saturated carbocycles. The largest absolute Gasteiger partial charge is 0.493 e. The van der Waals surface area contributed by atoms with Crippen molar-refractivity contribution in [1.82, 2.24) is 4.90 Å². The predicted molar refractivity (Wildman–Crippen MR) is 116 cm³/mol. The van der Waals surface area contributed by atoms with E-state index in [4.69, 9.17) is 9.47 Å². The molecule has 2 aromatic rings. The average molecular weight is 453 g/mol. The molecular formula is C20H24N2O6S2. The number of methoxy groups -OCH3 is 1. The molecule has 10 heteroatoms. The van der Waals surface area contributed by atoms with Crippen LogP contribution < -0.4 is 14.4 Å². The molecule has 0 saturated heterocycles. The fraction of sp³-hybridized carbons (Fsp3) is 0.400. The second-order valence-electron chi connectivity index (χ2n) is 7.16. The molecule has 0 bridgehead atoms. The average Bonchev–Trinajstić information content (AvgIpc) is 3.20. The number of amides is 2. The highest BCUT2D eigenvalue weighted by Gasteiger charge is 2.44. The van der Waals surface area contributed by atoms with E-state index in [0.29, 0.717) is 39.8 Å². The van der Waals surface area contributed by atoms with Crippen LogP contribution >= 0.6 is 11.3 Å². The maximum Gasteiger partial charge on any atom is 0.265 e. The lowest BCUT2D eigenvalue weighted by Gasteiger charge is -2.27. The number of imide groups is 1. The quantitative estimate of drug-likeness (QED) is 0.568. The number of fused-ring (bicyclic) bond motifs is 1. The van der Waals surface area contributed by atoms with Gasteiger partial charge in [-0.2, -0.15) is 0 Å². The van der Waals surface area contributed by atoms with Crippen molar-refractivity contribution < 1.29 is 27.5 Å². The Kier molecular flexibility index (Phi) is 6.09. The molecule has 0 aliphatic carbocycles. The van der Waals surface area contributed by atoms with E-state index >= 15 is 0 Å². The molecule has 162 valence electrons. The van der Waals surface area contributed by atoms with Crippen LogP contribution in [0.4, 0.5) is 5.00 Å². The summed E-state index contributed by atoms with van der Waals surface area (Å²) in [6.45, 7) is 2.19. The maximum absolute atomic E-state index is 13.3. The van der Waals surface area contributed by atoms with Gasteiger partial charge in [-0.25, -0.2) is 8.42 Å². The molecule has 0 unspecified atom stereocenters. The Hall–Kier alpha value is -2.59. The van der Waals surface area contributed by atoms with Gasteiger partial charge in [0.1, 0.15) is 14.8 Å². The summed E-state index contributed by atoms with van der Waals surface area (Å²) in [5, 5.41) is 2.30. The number of rotatable bonds is 8. The van der Waals surface area contributed by atoms with Crippen LogP contribution in [-0.4, -0.2) is 65.0 Å². The molecule has 3 rings (SSSR count). The number of ether oxygens (including phenoxy) is 2. The molecule has 30 heavy (non-hydrogen) atoms. The highest BCUT2D eigenvalue weighted by Crippen LogP contribution is 2.41. The van der Waals surface area contributed by atoms with Crippen LogP contribution in [0.25, 0.3) is 0 Å². The van der Waals surface area contributed by atoms with Gasteiger partial charge in [0.2, 0.25) is 0 Å². The van der Waals surface area contributed by atoms with Gasteiger partial charge >= 0.3 is 0 Å². The van der Waals surface area contributed by atoms with Crippen LogP contribution in [-0.2, 0) is 9.84 Å². The molecular weight excluding hydrogens is 428 g/mol. The summed E-state index contributed by atoms with van der Waals surface area (Å²) in [6, 6.07) is 3.92. The molecule has 8 nitrogen and oxygen atoms in total. The summed E-state index contributed by atoms with van der Waals surface area (Å²) in [4.78, 5) is 29.2. The minimum atomic E-state index is -3.52. The third kappa shape index (κ3) is 4.01. The topological polar surface area (TPSA) is 93.2 Å². The molecule has 1 aliphatic rings. The zero-order valence-electron chi connectivity index (χ0n) is 17.5. The molecule has 2 amide bonds. The van der Waals surface area contributed by atoms with Gasteiger partial charge < -0.3 is 14.4 Å². The summed E-state index contributed by atoms with van der Waals surface area (Å²) in [5.74, 6) is -0.498. The SMILES string of the molecule is CCOc1cc([C@H](CS(C)(=O)=O)N2C(=O)c3csc(N(C)C)c3C2=O)ccc1OC. The van der Waals surface area contributed by atoms with Crippen molar-refractivity contribution in [1.29, 1.82) is 0 Å². The van der Waals surface area contributed by atoms with Crippen LogP contribution in [0.3, 0.4) is 0 Å². The molecule has 0 radical (unpaired) electrons. The van der Waals surface area contributed by atoms with E-state index in [1.165, 1.54) is 18.4 Å². The van der Waals surface area contributed by atoms with Gasteiger partial charge in [0.25, 0.3) is 11.8 Å². The zero-order chi connectivity index (χ0) is 22.2. The third-order valence-corrected chi connectivity index (χ3v) is 6.77. The molecule has 1 aromatic carbocycles. The van der Waals surface area contributed by atoms with Gasteiger partial charge in [0.15, 0.2) is 11.5 Å². The van der Waals surface area contributed by atoms with Gasteiger partial charge in [-0.15, -0.1) is 11.3 Å². The molecule has 0 N–H and O–H groups in total. The van der Waals surface area contributed by atoms with E-state index in [1.807, 2.05) is 6.92 Å². The van der Waals surface area contributed by atoms with Crippen molar-refractivity contribution >= 4 is 38.0 Å². The highest BCUT2D eigenvalue weighted by atomic mass is 32.2. The summed E-state index contributed by atoms with van der Waals surface area (Å²) in [5.41, 5.74) is 1.09. The van der Waals surface area contributed by atoms with Gasteiger partial charge in [-0.1, -0.05) is 6.07 Å². The van der Waals surface area contributed by atoms with Gasteiger partial charge in [-0.05, 0) is 24.6 Å². The minimum absolute atomic E-state index is 0.297. The normalized spacial score (nSPS) is 14.6. The van der Waals surface area contributed by atoms with Crippen molar-refractivity contribution in [2.75, 3.05) is 44.7 Å². The molecule has 1 aromatic heterocycles. The third-order valence-electron chi connectivity index (χ3n) is 4.70. The Morgan fingerprint density at radius 1 is 1.17 bits per heavy atom. The lowest BCUT2D eigenvalue weighted by Crippen LogP contribution is -2.38. The second-order valence-corrected chi connectivity index (χ2v) is 10.2. The number of carbonyl (C=O) groups excluding carboxylic acids is 2. The molecule has 2 heterocycles. The summed E-state index contributed by atoms with van der Waals surface area (Å²) in [6.07, 6.45) is 1.08. The predicted octanol–water partition coefficient (Wildman–Crippen LogP) is 2.60. The first-order valence-corrected chi connectivity index (χ1v) is 12.2. The Bertz CT molecular complexity index is 1090. The number of anilines is 1. The van der Waals surface area contributed by atoms with Gasteiger partial charge in [0.05, 0.1) is 36.6 Å². The van der Waals surface area contributed by atoms with Crippen molar-refractivity contribution in [3.8, 4) is 11.5 Å². The van der Waals surface area contributed by atoms with E-state index in [9.17, 15) is 18.0 Å². The van der Waals surface area contributed by atoms with E-state index in [-0.39, 0.29) is 0 Å². The fourth-order valence-electron chi connectivity index (χ4n) is 3.44. The van der Waals surface area contributed by atoms with Crippen molar-refractivity contribution in [3.63, 3.8) is 0 Å². The molecule has 1 atom stereocenters. The minimum Gasteiger partial charge on any atom is -0.493 e. The number of hydrogen-bond acceptors (Lipinski definition) is 8. The Balaban J connectivity index is 2.11. The van der Waals surface area contributed by atoms with Gasteiger partial charge in [-0.3, -0.25) is 14.5 Å². The summed E-state index contributed by atoms with van der Waals surface area (Å²) < 4.78 is 35.3. The number of nitrogens with zero attached hydrogens (tertiary/aromatic N) is 2. The number of hydrogen-bond donors (Lipinski definition) is 0. The first-order valence-electron chi connectivity index (χ1n) is 9.24. The highest BCUT2D eigenvalue weighted by molar-refractivity contribution is 7.90. The summed E-state index contributed by atoms with van der Waals surface area (Å²) >= 11 is 1.31. The second kappa shape index (κ2) is 8.27. The number of benzene rings is 1. The van der Waals surface area contributed by atoms with E-state index < -0.39 is 33.4 Å². The zero-order valence-corrected chi connectivity index (χ0v) is 19.1. The Morgan fingerprint density at radius 2 is 1.87 bits per heavy atom. The standard InChI is InChI=1S/C20H24N2O6S2/c1-6-28-16-9-12(7-8-15(16)27-4)14(11-30(5,25)26)22-18(23)13-10-29-20(21(2)3)17(13)19(22)24/h7-10,14H,6,11H2,1-5H3/t14-/m0/s1. The Labute approximate surface area is 179 Å². The lowest BCUT2D eigenvalue weighted by atomic mass is 10.1. The van der Waals surface area contributed by atoms with Gasteiger partial charge in [0, 0.05) is 25.7 Å². The van der Waals surface area contributed by atoms with Crippen LogP contribution in [0.5, 0.6) is 11.5 Å². The van der Waals surface area contributed by atoms with Crippen LogP contribution in [0, 0.1) is 0 Å². The Morgan fingerprint density at radius 3 is 2.43 bits per heavy atom. The maximum atomic E-state index is 13.3.